The predicted molar refractivity (Wildman–Crippen MR) is 88.4 cm³/mol. The SMILES string of the molecule is Oc1cc2c(cc1O)[C@H]([C@H]1NCCc3cc(O)c(O)cc31)NCC2. The Hall–Kier alpha value is -2.44. The fraction of sp³-hybridized carbons (Fsp3) is 0.333. The first-order valence-electron chi connectivity index (χ1n) is 8.11. The van der Waals surface area contributed by atoms with E-state index in [0.29, 0.717) is 0 Å². The molecule has 0 unspecified atom stereocenters. The number of hydrogen-bond donors (Lipinski definition) is 6. The van der Waals surface area contributed by atoms with Gasteiger partial charge in [-0.1, -0.05) is 0 Å². The smallest absolute Gasteiger partial charge is 0.157 e. The van der Waals surface area contributed by atoms with Gasteiger partial charge >= 0.3 is 0 Å². The summed E-state index contributed by atoms with van der Waals surface area (Å²) < 4.78 is 0. The van der Waals surface area contributed by atoms with Crippen LogP contribution < -0.4 is 10.6 Å². The number of benzene rings is 2. The van der Waals surface area contributed by atoms with Gasteiger partial charge in [0.1, 0.15) is 0 Å². The molecular formula is C18H20N2O4. The highest BCUT2D eigenvalue weighted by Gasteiger charge is 2.33. The van der Waals surface area contributed by atoms with Crippen LogP contribution in [0.5, 0.6) is 23.0 Å². The van der Waals surface area contributed by atoms with E-state index in [0.717, 1.165) is 48.2 Å². The summed E-state index contributed by atoms with van der Waals surface area (Å²) in [6, 6.07) is 6.27. The first-order chi connectivity index (χ1) is 11.5. The van der Waals surface area contributed by atoms with E-state index in [2.05, 4.69) is 10.6 Å². The van der Waals surface area contributed by atoms with Gasteiger partial charge in [0.2, 0.25) is 0 Å². The summed E-state index contributed by atoms with van der Waals surface area (Å²) in [5.41, 5.74) is 3.89. The van der Waals surface area contributed by atoms with Crippen molar-refractivity contribution in [3.63, 3.8) is 0 Å². The van der Waals surface area contributed by atoms with E-state index in [4.69, 9.17) is 0 Å². The topological polar surface area (TPSA) is 105 Å². The van der Waals surface area contributed by atoms with Crippen LogP contribution in [0, 0.1) is 0 Å². The van der Waals surface area contributed by atoms with E-state index < -0.39 is 0 Å². The molecule has 2 atom stereocenters. The molecule has 6 heteroatoms. The zero-order valence-electron chi connectivity index (χ0n) is 13.1. The summed E-state index contributed by atoms with van der Waals surface area (Å²) in [4.78, 5) is 0. The number of rotatable bonds is 1. The number of hydrogen-bond acceptors (Lipinski definition) is 6. The van der Waals surface area contributed by atoms with Crippen molar-refractivity contribution in [1.29, 1.82) is 0 Å². The van der Waals surface area contributed by atoms with Crippen molar-refractivity contribution in [2.45, 2.75) is 24.9 Å². The Morgan fingerprint density at radius 1 is 0.625 bits per heavy atom. The molecule has 2 aromatic carbocycles. The van der Waals surface area contributed by atoms with Gasteiger partial charge in [-0.2, -0.15) is 0 Å². The highest BCUT2D eigenvalue weighted by molar-refractivity contribution is 5.51. The molecule has 0 fully saturated rings. The minimum atomic E-state index is -0.132. The highest BCUT2D eigenvalue weighted by Crippen LogP contribution is 2.42. The van der Waals surface area contributed by atoms with Gasteiger partial charge in [-0.3, -0.25) is 0 Å². The predicted octanol–water partition coefficient (Wildman–Crippen LogP) is 1.58. The maximum Gasteiger partial charge on any atom is 0.157 e. The molecule has 0 aromatic heterocycles. The van der Waals surface area contributed by atoms with Crippen LogP contribution in [0.15, 0.2) is 24.3 Å². The Balaban J connectivity index is 1.80. The van der Waals surface area contributed by atoms with Crippen molar-refractivity contribution in [3.8, 4) is 23.0 Å². The fourth-order valence-corrected chi connectivity index (χ4v) is 3.82. The van der Waals surface area contributed by atoms with E-state index in [1.54, 1.807) is 24.3 Å². The number of aromatic hydroxyl groups is 4. The monoisotopic (exact) mass is 328 g/mol. The van der Waals surface area contributed by atoms with Crippen LogP contribution in [-0.2, 0) is 12.8 Å². The van der Waals surface area contributed by atoms with Crippen LogP contribution in [0.25, 0.3) is 0 Å². The molecule has 2 aliphatic heterocycles. The normalized spacial score (nSPS) is 22.7. The Morgan fingerprint density at radius 2 is 1.00 bits per heavy atom. The molecule has 2 aromatic rings. The molecule has 4 rings (SSSR count). The summed E-state index contributed by atoms with van der Waals surface area (Å²) in [6.45, 7) is 1.53. The molecule has 6 N–H and O–H groups in total. The largest absolute Gasteiger partial charge is 0.504 e. The molecular weight excluding hydrogens is 308 g/mol. The second-order valence-corrected chi connectivity index (χ2v) is 6.44. The minimum Gasteiger partial charge on any atom is -0.504 e. The lowest BCUT2D eigenvalue weighted by molar-refractivity contribution is 0.349. The molecule has 0 bridgehead atoms. The highest BCUT2D eigenvalue weighted by atomic mass is 16.3. The third-order valence-corrected chi connectivity index (χ3v) is 4.99. The molecule has 126 valence electrons. The van der Waals surface area contributed by atoms with Gasteiger partial charge in [-0.15, -0.1) is 0 Å². The first kappa shape index (κ1) is 15.1. The van der Waals surface area contributed by atoms with E-state index in [1.807, 2.05) is 0 Å². The van der Waals surface area contributed by atoms with E-state index in [9.17, 15) is 20.4 Å². The lowest BCUT2D eigenvalue weighted by Gasteiger charge is -2.37. The summed E-state index contributed by atoms with van der Waals surface area (Å²) in [6.07, 6.45) is 1.56. The molecule has 2 aliphatic rings. The second kappa shape index (κ2) is 5.58. The van der Waals surface area contributed by atoms with Crippen LogP contribution in [0.2, 0.25) is 0 Å². The zero-order valence-corrected chi connectivity index (χ0v) is 13.1. The average molecular weight is 328 g/mol. The maximum atomic E-state index is 9.90. The lowest BCUT2D eigenvalue weighted by atomic mass is 9.82. The van der Waals surface area contributed by atoms with Crippen molar-refractivity contribution in [1.82, 2.24) is 10.6 Å². The van der Waals surface area contributed by atoms with E-state index >= 15 is 0 Å². The second-order valence-electron chi connectivity index (χ2n) is 6.44. The van der Waals surface area contributed by atoms with Crippen LogP contribution >= 0.6 is 0 Å². The number of phenolic OH excluding ortho intramolecular Hbond substituents is 4. The first-order valence-corrected chi connectivity index (χ1v) is 8.11. The van der Waals surface area contributed by atoms with Crippen molar-refractivity contribution in [3.05, 3.63) is 46.5 Å². The molecule has 2 heterocycles. The van der Waals surface area contributed by atoms with Gasteiger partial charge in [0, 0.05) is 0 Å². The summed E-state index contributed by atoms with van der Waals surface area (Å²) in [5, 5.41) is 46.2. The molecule has 0 radical (unpaired) electrons. The number of phenols is 4. The molecule has 0 aliphatic carbocycles. The van der Waals surface area contributed by atoms with Crippen molar-refractivity contribution in [2.75, 3.05) is 13.1 Å². The Labute approximate surface area is 139 Å². The Bertz CT molecular complexity index is 739. The van der Waals surface area contributed by atoms with Crippen molar-refractivity contribution < 1.29 is 20.4 Å². The molecule has 0 amide bonds. The fourth-order valence-electron chi connectivity index (χ4n) is 3.82. The summed E-state index contributed by atoms with van der Waals surface area (Å²) in [5.74, 6) is -0.470. The van der Waals surface area contributed by atoms with E-state index in [-0.39, 0.29) is 35.1 Å². The van der Waals surface area contributed by atoms with Gasteiger partial charge in [-0.05, 0) is 72.5 Å². The number of nitrogens with one attached hydrogen (secondary N) is 2. The third kappa shape index (κ3) is 2.35. The van der Waals surface area contributed by atoms with Crippen LogP contribution in [0.4, 0.5) is 0 Å². The van der Waals surface area contributed by atoms with Crippen LogP contribution in [0.1, 0.15) is 34.3 Å². The van der Waals surface area contributed by atoms with E-state index in [1.165, 1.54) is 0 Å². The summed E-state index contributed by atoms with van der Waals surface area (Å²) in [7, 11) is 0. The Kier molecular flexibility index (Phi) is 3.51. The molecule has 0 spiro atoms. The quantitative estimate of drug-likeness (QED) is 0.444. The van der Waals surface area contributed by atoms with Gasteiger partial charge < -0.3 is 31.1 Å². The average Bonchev–Trinajstić information content (AvgIpc) is 2.56. The number of fused-ring (bicyclic) bond motifs is 2. The van der Waals surface area contributed by atoms with Crippen molar-refractivity contribution >= 4 is 0 Å². The molecule has 6 nitrogen and oxygen atoms in total. The van der Waals surface area contributed by atoms with Crippen molar-refractivity contribution in [2.24, 2.45) is 0 Å². The molecule has 24 heavy (non-hydrogen) atoms. The standard InChI is InChI=1S/C18H20N2O4/c21-13-5-9-1-3-19-17(11(9)7-15(13)23)18-12-8-16(24)14(22)6-10(12)2-4-20-18/h5-8,17-24H,1-4H2/t17-,18+. The third-order valence-electron chi connectivity index (χ3n) is 4.99. The molecule has 0 saturated heterocycles. The van der Waals surface area contributed by atoms with Gasteiger partial charge in [0.25, 0.3) is 0 Å². The minimum absolute atomic E-state index is 0.0942. The Morgan fingerprint density at radius 3 is 1.42 bits per heavy atom. The van der Waals surface area contributed by atoms with Gasteiger partial charge in [0.05, 0.1) is 12.1 Å². The molecule has 0 saturated carbocycles. The zero-order chi connectivity index (χ0) is 16.8. The maximum absolute atomic E-state index is 9.90. The van der Waals surface area contributed by atoms with Crippen LogP contribution in [-0.4, -0.2) is 33.5 Å². The summed E-state index contributed by atoms with van der Waals surface area (Å²) >= 11 is 0. The van der Waals surface area contributed by atoms with Crippen LogP contribution in [0.3, 0.4) is 0 Å². The van der Waals surface area contributed by atoms with Gasteiger partial charge in [-0.25, -0.2) is 0 Å². The van der Waals surface area contributed by atoms with Gasteiger partial charge in [0.15, 0.2) is 23.0 Å². The lowest BCUT2D eigenvalue weighted by Crippen LogP contribution is -2.42.